The smallest absolute Gasteiger partial charge is 0.251 e. The molecular weight excluding hydrogens is 402 g/mol. The number of carbonyl (C=O) groups is 1. The Morgan fingerprint density at radius 1 is 1.17 bits per heavy atom. The molecule has 0 unspecified atom stereocenters. The van der Waals surface area contributed by atoms with E-state index < -0.39 is 0 Å². The normalized spacial score (nSPS) is 14.2. The average Bonchev–Trinajstić information content (AvgIpc) is 2.78. The quantitative estimate of drug-likeness (QED) is 0.635. The third-order valence-electron chi connectivity index (χ3n) is 5.33. The van der Waals surface area contributed by atoms with Gasteiger partial charge in [-0.15, -0.1) is 12.4 Å². The van der Waals surface area contributed by atoms with Gasteiger partial charge in [-0.05, 0) is 55.3 Å². The molecule has 0 atom stereocenters. The Kier molecular flexibility index (Phi) is 10.1. The molecule has 1 heterocycles. The fraction of sp³-hybridized carbons (Fsp3) is 0.435. The van der Waals surface area contributed by atoms with E-state index in [-0.39, 0.29) is 18.3 Å². The standard InChI is InChI=1S/C23H31N3O3.ClH/c1-26(21-9-12-28-13-10-21)11-14-29-22-4-2-3-19(15-22)17-25-23(27)20-7-5-18(16-24)6-8-20;/h2-8,15,21H,9-14,16-17,24H2,1H3,(H,25,27);1H. The summed E-state index contributed by atoms with van der Waals surface area (Å²) in [7, 11) is 2.14. The highest BCUT2D eigenvalue weighted by Gasteiger charge is 2.18. The molecular formula is C23H32ClN3O3. The first-order valence-electron chi connectivity index (χ1n) is 10.2. The topological polar surface area (TPSA) is 76.8 Å². The fourth-order valence-electron chi connectivity index (χ4n) is 3.44. The maximum atomic E-state index is 12.3. The molecule has 3 N–H and O–H groups in total. The van der Waals surface area contributed by atoms with E-state index >= 15 is 0 Å². The SMILES string of the molecule is CN(CCOc1cccc(CNC(=O)c2ccc(CN)cc2)c1)C1CCOCC1.Cl. The van der Waals surface area contributed by atoms with Crippen molar-refractivity contribution in [1.29, 1.82) is 0 Å². The van der Waals surface area contributed by atoms with Gasteiger partial charge >= 0.3 is 0 Å². The number of likely N-dealkylation sites (N-methyl/N-ethyl adjacent to an activating group) is 1. The van der Waals surface area contributed by atoms with E-state index in [4.69, 9.17) is 15.2 Å². The van der Waals surface area contributed by atoms with Gasteiger partial charge in [-0.25, -0.2) is 0 Å². The van der Waals surface area contributed by atoms with Crippen molar-refractivity contribution >= 4 is 18.3 Å². The van der Waals surface area contributed by atoms with E-state index in [2.05, 4.69) is 17.3 Å². The summed E-state index contributed by atoms with van der Waals surface area (Å²) in [4.78, 5) is 14.7. The van der Waals surface area contributed by atoms with Gasteiger partial charge in [0.05, 0.1) is 0 Å². The van der Waals surface area contributed by atoms with E-state index in [1.807, 2.05) is 36.4 Å². The van der Waals surface area contributed by atoms with Crippen molar-refractivity contribution in [3.8, 4) is 5.75 Å². The van der Waals surface area contributed by atoms with Gasteiger partial charge in [-0.1, -0.05) is 24.3 Å². The van der Waals surface area contributed by atoms with E-state index in [1.54, 1.807) is 12.1 Å². The molecule has 1 amide bonds. The zero-order chi connectivity index (χ0) is 20.5. The van der Waals surface area contributed by atoms with Gasteiger partial charge < -0.3 is 20.5 Å². The molecule has 1 aliphatic rings. The molecule has 30 heavy (non-hydrogen) atoms. The van der Waals surface area contributed by atoms with Crippen LogP contribution < -0.4 is 15.8 Å². The lowest BCUT2D eigenvalue weighted by molar-refractivity contribution is 0.0392. The summed E-state index contributed by atoms with van der Waals surface area (Å²) in [5.74, 6) is 0.724. The molecule has 2 aromatic carbocycles. The van der Waals surface area contributed by atoms with E-state index in [9.17, 15) is 4.79 Å². The van der Waals surface area contributed by atoms with Crippen LogP contribution in [-0.4, -0.2) is 50.3 Å². The van der Waals surface area contributed by atoms with Gasteiger partial charge in [0.15, 0.2) is 0 Å². The van der Waals surface area contributed by atoms with Crippen LogP contribution in [0, 0.1) is 0 Å². The Bertz CT molecular complexity index is 780. The van der Waals surface area contributed by atoms with Gasteiger partial charge in [-0.2, -0.15) is 0 Å². The molecule has 1 saturated heterocycles. The number of nitrogens with zero attached hydrogens (tertiary/aromatic N) is 1. The lowest BCUT2D eigenvalue weighted by Crippen LogP contribution is -2.38. The first-order chi connectivity index (χ1) is 14.2. The molecule has 0 bridgehead atoms. The van der Waals surface area contributed by atoms with Gasteiger partial charge in [0.1, 0.15) is 12.4 Å². The van der Waals surface area contributed by atoms with Crippen LogP contribution in [0.1, 0.15) is 34.3 Å². The third-order valence-corrected chi connectivity index (χ3v) is 5.33. The number of amides is 1. The summed E-state index contributed by atoms with van der Waals surface area (Å²) in [6.07, 6.45) is 2.17. The Morgan fingerprint density at radius 2 is 1.90 bits per heavy atom. The molecule has 3 rings (SSSR count). The van der Waals surface area contributed by atoms with Gasteiger partial charge in [-0.3, -0.25) is 9.69 Å². The molecule has 164 valence electrons. The summed E-state index contributed by atoms with van der Waals surface area (Å²) in [6.45, 7) is 4.14. The second kappa shape index (κ2) is 12.5. The van der Waals surface area contributed by atoms with E-state index in [1.165, 1.54) is 0 Å². The second-order valence-corrected chi connectivity index (χ2v) is 7.40. The highest BCUT2D eigenvalue weighted by atomic mass is 35.5. The molecule has 0 spiro atoms. The number of nitrogens with two attached hydrogens (primary N) is 1. The lowest BCUT2D eigenvalue weighted by Gasteiger charge is -2.31. The zero-order valence-corrected chi connectivity index (χ0v) is 18.3. The fourth-order valence-corrected chi connectivity index (χ4v) is 3.44. The summed E-state index contributed by atoms with van der Waals surface area (Å²) in [5, 5.41) is 2.95. The largest absolute Gasteiger partial charge is 0.492 e. The number of halogens is 1. The van der Waals surface area contributed by atoms with Crippen LogP contribution in [0.3, 0.4) is 0 Å². The summed E-state index contributed by atoms with van der Waals surface area (Å²) in [5.41, 5.74) is 8.24. The highest BCUT2D eigenvalue weighted by molar-refractivity contribution is 5.94. The number of ether oxygens (including phenoxy) is 2. The van der Waals surface area contributed by atoms with Gasteiger partial charge in [0.25, 0.3) is 5.91 Å². The van der Waals surface area contributed by atoms with Crippen LogP contribution in [0.25, 0.3) is 0 Å². The Morgan fingerprint density at radius 3 is 2.60 bits per heavy atom. The number of hydrogen-bond donors (Lipinski definition) is 2. The van der Waals surface area contributed by atoms with Crippen molar-refractivity contribution in [3.63, 3.8) is 0 Å². The Labute approximate surface area is 185 Å². The Hall–Kier alpha value is -2.12. The number of nitrogens with one attached hydrogen (secondary N) is 1. The third kappa shape index (κ3) is 7.29. The molecule has 6 nitrogen and oxygen atoms in total. The average molecular weight is 434 g/mol. The lowest BCUT2D eigenvalue weighted by atomic mass is 10.1. The molecule has 2 aromatic rings. The molecule has 7 heteroatoms. The summed E-state index contributed by atoms with van der Waals surface area (Å²) in [6, 6.07) is 15.8. The maximum absolute atomic E-state index is 12.3. The summed E-state index contributed by atoms with van der Waals surface area (Å²) < 4.78 is 11.3. The minimum Gasteiger partial charge on any atom is -0.492 e. The number of hydrogen-bond acceptors (Lipinski definition) is 5. The minimum atomic E-state index is -0.0991. The van der Waals surface area contributed by atoms with Crippen LogP contribution in [0.5, 0.6) is 5.75 Å². The first kappa shape index (κ1) is 24.2. The second-order valence-electron chi connectivity index (χ2n) is 7.40. The van der Waals surface area contributed by atoms with E-state index in [0.717, 1.165) is 49.5 Å². The van der Waals surface area contributed by atoms with Crippen molar-refractivity contribution in [2.24, 2.45) is 5.73 Å². The van der Waals surface area contributed by atoms with Gasteiger partial charge in [0.2, 0.25) is 0 Å². The van der Waals surface area contributed by atoms with Crippen molar-refractivity contribution in [2.75, 3.05) is 33.4 Å². The first-order valence-corrected chi connectivity index (χ1v) is 10.2. The minimum absolute atomic E-state index is 0. The van der Waals surface area contributed by atoms with Gasteiger partial charge in [0, 0.05) is 44.5 Å². The molecule has 1 fully saturated rings. The predicted molar refractivity (Wildman–Crippen MR) is 121 cm³/mol. The van der Waals surface area contributed by atoms with E-state index in [0.29, 0.717) is 31.3 Å². The van der Waals surface area contributed by atoms with Crippen LogP contribution >= 0.6 is 12.4 Å². The molecule has 0 aromatic heterocycles. The highest BCUT2D eigenvalue weighted by Crippen LogP contribution is 2.15. The van der Waals surface area contributed by atoms with Crippen LogP contribution in [0.4, 0.5) is 0 Å². The van der Waals surface area contributed by atoms with Crippen molar-refractivity contribution in [3.05, 3.63) is 65.2 Å². The van der Waals surface area contributed by atoms with Crippen LogP contribution in [-0.2, 0) is 17.8 Å². The van der Waals surface area contributed by atoms with Crippen molar-refractivity contribution in [2.45, 2.75) is 32.0 Å². The number of carbonyl (C=O) groups excluding carboxylic acids is 1. The Balaban J connectivity index is 0.00000320. The van der Waals surface area contributed by atoms with Crippen LogP contribution in [0.15, 0.2) is 48.5 Å². The predicted octanol–water partition coefficient (Wildman–Crippen LogP) is 2.99. The monoisotopic (exact) mass is 433 g/mol. The molecule has 0 aliphatic carbocycles. The zero-order valence-electron chi connectivity index (χ0n) is 17.5. The maximum Gasteiger partial charge on any atom is 0.251 e. The van der Waals surface area contributed by atoms with Crippen molar-refractivity contribution in [1.82, 2.24) is 10.2 Å². The number of rotatable bonds is 9. The molecule has 1 aliphatic heterocycles. The number of benzene rings is 2. The van der Waals surface area contributed by atoms with Crippen molar-refractivity contribution < 1.29 is 14.3 Å². The molecule has 0 saturated carbocycles. The molecule has 0 radical (unpaired) electrons. The van der Waals surface area contributed by atoms with Crippen LogP contribution in [0.2, 0.25) is 0 Å². The summed E-state index contributed by atoms with van der Waals surface area (Å²) >= 11 is 0.